The molecule has 2 N–H and O–H groups in total. The molecule has 1 amide bonds. The minimum absolute atomic E-state index is 0. The number of piperazine rings is 1. The quantitative estimate of drug-likeness (QED) is 0.329. The summed E-state index contributed by atoms with van der Waals surface area (Å²) in [5.74, 6) is 1.66. The second kappa shape index (κ2) is 12.8. The summed E-state index contributed by atoms with van der Waals surface area (Å²) < 4.78 is 0. The molecule has 1 unspecified atom stereocenters. The number of halogens is 1. The van der Waals surface area contributed by atoms with Gasteiger partial charge >= 0.3 is 0 Å². The van der Waals surface area contributed by atoms with Crippen molar-refractivity contribution in [3.05, 3.63) is 0 Å². The van der Waals surface area contributed by atoms with Gasteiger partial charge in [-0.2, -0.15) is 0 Å². The summed E-state index contributed by atoms with van der Waals surface area (Å²) in [6, 6.07) is 0.511. The maximum Gasteiger partial charge on any atom is 0.220 e. The number of carbonyl (C=O) groups excluding carboxylic acids is 1. The Hall–Kier alpha value is -0.610. The van der Waals surface area contributed by atoms with E-state index in [1.54, 1.807) is 7.05 Å². The van der Waals surface area contributed by atoms with Gasteiger partial charge in [0.05, 0.1) is 0 Å². The Labute approximate surface area is 182 Å². The fraction of sp³-hybridized carbons (Fsp3) is 0.895. The highest BCUT2D eigenvalue weighted by Gasteiger charge is 2.24. The summed E-state index contributed by atoms with van der Waals surface area (Å²) >= 11 is 0. The summed E-state index contributed by atoms with van der Waals surface area (Å²) in [6.07, 6.45) is 2.77. The van der Waals surface area contributed by atoms with Gasteiger partial charge < -0.3 is 20.4 Å². The molecule has 0 saturated carbocycles. The lowest BCUT2D eigenvalue weighted by Crippen LogP contribution is -2.54. The van der Waals surface area contributed by atoms with Crippen LogP contribution < -0.4 is 10.6 Å². The lowest BCUT2D eigenvalue weighted by atomic mass is 9.93. The number of nitrogens with one attached hydrogen (secondary N) is 2. The van der Waals surface area contributed by atoms with Crippen LogP contribution in [0.3, 0.4) is 0 Å². The molecule has 2 aliphatic heterocycles. The van der Waals surface area contributed by atoms with Crippen LogP contribution in [0, 0.1) is 5.92 Å². The van der Waals surface area contributed by atoms with Gasteiger partial charge in [-0.05, 0) is 32.2 Å². The van der Waals surface area contributed by atoms with E-state index in [1.807, 2.05) is 7.05 Å². The number of hydrogen-bond acceptors (Lipinski definition) is 4. The number of hydrogen-bond donors (Lipinski definition) is 2. The molecule has 7 nitrogen and oxygen atoms in total. The Morgan fingerprint density at radius 1 is 1.15 bits per heavy atom. The van der Waals surface area contributed by atoms with Crippen LogP contribution in [0.1, 0.15) is 33.1 Å². The molecule has 0 aromatic heterocycles. The van der Waals surface area contributed by atoms with E-state index in [2.05, 4.69) is 44.2 Å². The van der Waals surface area contributed by atoms with E-state index in [0.29, 0.717) is 18.4 Å². The summed E-state index contributed by atoms with van der Waals surface area (Å²) in [6.45, 7) is 13.2. The molecule has 2 saturated heterocycles. The van der Waals surface area contributed by atoms with Crippen molar-refractivity contribution in [3.8, 4) is 0 Å². The zero-order chi connectivity index (χ0) is 18.9. The highest BCUT2D eigenvalue weighted by molar-refractivity contribution is 14.0. The predicted octanol–water partition coefficient (Wildman–Crippen LogP) is 1.05. The summed E-state index contributed by atoms with van der Waals surface area (Å²) in [7, 11) is 3.58. The molecule has 0 aromatic carbocycles. The maximum atomic E-state index is 11.6. The first-order chi connectivity index (χ1) is 12.6. The minimum Gasteiger partial charge on any atom is -0.359 e. The van der Waals surface area contributed by atoms with Crippen molar-refractivity contribution in [3.63, 3.8) is 0 Å². The van der Waals surface area contributed by atoms with E-state index in [9.17, 15) is 4.79 Å². The van der Waals surface area contributed by atoms with Crippen LogP contribution in [0.5, 0.6) is 0 Å². The van der Waals surface area contributed by atoms with E-state index < -0.39 is 0 Å². The molecule has 8 heteroatoms. The highest BCUT2D eigenvalue weighted by Crippen LogP contribution is 2.20. The normalized spacial score (nSPS) is 21.5. The van der Waals surface area contributed by atoms with E-state index >= 15 is 0 Å². The highest BCUT2D eigenvalue weighted by atomic mass is 127. The average molecular weight is 494 g/mol. The average Bonchev–Trinajstić information content (AvgIpc) is 2.69. The van der Waals surface area contributed by atoms with Crippen molar-refractivity contribution < 1.29 is 4.79 Å². The molecular formula is C19H39IN6O. The third-order valence-corrected chi connectivity index (χ3v) is 5.91. The molecule has 0 aromatic rings. The van der Waals surface area contributed by atoms with Crippen LogP contribution in [0.2, 0.25) is 0 Å². The number of nitrogens with zero attached hydrogens (tertiary/aromatic N) is 4. The van der Waals surface area contributed by atoms with E-state index in [0.717, 1.165) is 58.1 Å². The zero-order valence-electron chi connectivity index (χ0n) is 17.5. The van der Waals surface area contributed by atoms with Crippen LogP contribution in [0.25, 0.3) is 0 Å². The third-order valence-electron chi connectivity index (χ3n) is 5.91. The minimum atomic E-state index is 0. The van der Waals surface area contributed by atoms with Crippen molar-refractivity contribution in [2.75, 3.05) is 66.5 Å². The van der Waals surface area contributed by atoms with E-state index in [4.69, 9.17) is 0 Å². The maximum absolute atomic E-state index is 11.6. The fourth-order valence-electron chi connectivity index (χ4n) is 3.93. The van der Waals surface area contributed by atoms with Crippen LogP contribution in [0.15, 0.2) is 4.99 Å². The lowest BCUT2D eigenvalue weighted by molar-refractivity contribution is -0.121. The summed E-state index contributed by atoms with van der Waals surface area (Å²) in [5, 5.41) is 6.30. The number of aliphatic imine (C=N–C) groups is 1. The molecule has 1 atom stereocenters. The molecule has 2 aliphatic rings. The monoisotopic (exact) mass is 494 g/mol. The van der Waals surface area contributed by atoms with Crippen LogP contribution in [-0.4, -0.2) is 99.1 Å². The Morgan fingerprint density at radius 2 is 1.78 bits per heavy atom. The van der Waals surface area contributed by atoms with Gasteiger partial charge in [-0.3, -0.25) is 14.7 Å². The van der Waals surface area contributed by atoms with Crippen molar-refractivity contribution in [1.82, 2.24) is 25.3 Å². The standard InChI is InChI=1S/C19H38N6O.HI/c1-5-23-10-12-24(13-11-23)16(2)15-22-19(21-4)25-8-6-17(7-9-25)14-18(26)20-3;/h16-17H,5-15H2,1-4H3,(H,20,26)(H,21,22);1H. The first kappa shape index (κ1) is 24.4. The van der Waals surface area contributed by atoms with E-state index in [-0.39, 0.29) is 29.9 Å². The van der Waals surface area contributed by atoms with Gasteiger partial charge in [0.1, 0.15) is 0 Å². The number of likely N-dealkylation sites (N-methyl/N-ethyl adjacent to an activating group) is 1. The second-order valence-electron chi connectivity index (χ2n) is 7.56. The molecule has 0 spiro atoms. The van der Waals surface area contributed by atoms with Crippen LogP contribution in [0.4, 0.5) is 0 Å². The molecule has 0 aliphatic carbocycles. The first-order valence-electron chi connectivity index (χ1n) is 10.2. The van der Waals surface area contributed by atoms with Gasteiger partial charge in [-0.1, -0.05) is 6.92 Å². The molecule has 0 radical (unpaired) electrons. The lowest BCUT2D eigenvalue weighted by Gasteiger charge is -2.38. The van der Waals surface area contributed by atoms with Gasteiger partial charge in [0, 0.05) is 72.4 Å². The summed E-state index contributed by atoms with van der Waals surface area (Å²) in [4.78, 5) is 23.5. The number of rotatable bonds is 6. The topological polar surface area (TPSA) is 63.2 Å². The van der Waals surface area contributed by atoms with E-state index in [1.165, 1.54) is 13.1 Å². The fourth-order valence-corrected chi connectivity index (χ4v) is 3.93. The molecule has 2 fully saturated rings. The van der Waals surface area contributed by atoms with Crippen molar-refractivity contribution in [1.29, 1.82) is 0 Å². The largest absolute Gasteiger partial charge is 0.359 e. The Balaban J connectivity index is 0.00000364. The number of carbonyl (C=O) groups is 1. The zero-order valence-corrected chi connectivity index (χ0v) is 19.9. The molecule has 0 bridgehead atoms. The van der Waals surface area contributed by atoms with Crippen LogP contribution in [-0.2, 0) is 4.79 Å². The van der Waals surface area contributed by atoms with Crippen molar-refractivity contribution >= 4 is 35.8 Å². The third kappa shape index (κ3) is 7.73. The van der Waals surface area contributed by atoms with Gasteiger partial charge in [-0.15, -0.1) is 24.0 Å². The molecule has 158 valence electrons. The molecular weight excluding hydrogens is 455 g/mol. The number of piperidine rings is 1. The number of amides is 1. The Kier molecular flexibility index (Phi) is 11.6. The van der Waals surface area contributed by atoms with Gasteiger partial charge in [0.2, 0.25) is 5.91 Å². The van der Waals surface area contributed by atoms with Crippen molar-refractivity contribution in [2.45, 2.75) is 39.2 Å². The van der Waals surface area contributed by atoms with Gasteiger partial charge in [0.15, 0.2) is 5.96 Å². The van der Waals surface area contributed by atoms with Gasteiger partial charge in [0.25, 0.3) is 0 Å². The SMILES string of the molecule is CCN1CCN(C(C)CNC(=NC)N2CCC(CC(=O)NC)CC2)CC1.I. The second-order valence-corrected chi connectivity index (χ2v) is 7.56. The molecule has 27 heavy (non-hydrogen) atoms. The van der Waals surface area contributed by atoms with Gasteiger partial charge in [-0.25, -0.2) is 0 Å². The van der Waals surface area contributed by atoms with Crippen LogP contribution >= 0.6 is 24.0 Å². The smallest absolute Gasteiger partial charge is 0.220 e. The Morgan fingerprint density at radius 3 is 2.30 bits per heavy atom. The summed E-state index contributed by atoms with van der Waals surface area (Å²) in [5.41, 5.74) is 0. The van der Waals surface area contributed by atoms with Crippen molar-refractivity contribution in [2.24, 2.45) is 10.9 Å². The Bertz CT molecular complexity index is 459. The molecule has 2 rings (SSSR count). The number of likely N-dealkylation sites (tertiary alicyclic amines) is 1. The number of guanidine groups is 1. The predicted molar refractivity (Wildman–Crippen MR) is 123 cm³/mol. The molecule has 2 heterocycles. The first-order valence-corrected chi connectivity index (χ1v) is 10.2.